The van der Waals surface area contributed by atoms with E-state index in [1.807, 2.05) is 0 Å². The van der Waals surface area contributed by atoms with Gasteiger partial charge in [0.05, 0.1) is 0 Å². The molecule has 0 aliphatic carbocycles. The van der Waals surface area contributed by atoms with Crippen LogP contribution < -0.4 is 0 Å². The van der Waals surface area contributed by atoms with Crippen molar-refractivity contribution in [1.82, 2.24) is 0 Å². The standard InChI is InChI=1S/Er.H2O3S/c;1-4(2)3/h;(H2,1,2,3). The molecule has 3 nitrogen and oxygen atoms in total. The largest absolute Gasteiger partial charge is 0.299 e. The van der Waals surface area contributed by atoms with E-state index in [4.69, 9.17) is 13.3 Å². The predicted molar refractivity (Wildman–Crippen MR) is 13.4 cm³/mol. The summed E-state index contributed by atoms with van der Waals surface area (Å²) in [6, 6.07) is 0. The molecular formula is H2ErO3S. The first-order valence-electron chi connectivity index (χ1n) is 0.532. The molecule has 0 saturated heterocycles. The number of rotatable bonds is 0. The van der Waals surface area contributed by atoms with Crippen molar-refractivity contribution in [1.29, 1.82) is 0 Å². The fourth-order valence-electron chi connectivity index (χ4n) is 0. The fraction of sp³-hybridized carbons (Fsp3) is 0. The molecule has 0 bridgehead atoms. The normalized spacial score (nSPS) is 7.00. The third kappa shape index (κ3) is 33.7. The Morgan fingerprint density at radius 2 is 1.40 bits per heavy atom. The van der Waals surface area contributed by atoms with Crippen LogP contribution in [0.4, 0.5) is 0 Å². The third-order valence-corrected chi connectivity index (χ3v) is 0. The van der Waals surface area contributed by atoms with Crippen molar-refractivity contribution in [3.8, 4) is 0 Å². The molecule has 0 aromatic heterocycles. The zero-order valence-electron chi connectivity index (χ0n) is 2.00. The molecule has 0 aromatic carbocycles. The number of hydrogen-bond donors (Lipinski definition) is 2. The molecule has 2 N–H and O–H groups in total. The van der Waals surface area contributed by atoms with Crippen molar-refractivity contribution in [3.05, 3.63) is 0 Å². The van der Waals surface area contributed by atoms with E-state index in [9.17, 15) is 0 Å². The van der Waals surface area contributed by atoms with E-state index in [2.05, 4.69) is 0 Å². The van der Waals surface area contributed by atoms with Crippen LogP contribution in [0.2, 0.25) is 0 Å². The average Bonchev–Trinajstić information content (AvgIpc) is 0.811. The topological polar surface area (TPSA) is 57.5 Å². The quantitative estimate of drug-likeness (QED) is 0.579. The Morgan fingerprint density at radius 3 is 1.40 bits per heavy atom. The van der Waals surface area contributed by atoms with E-state index in [1.54, 1.807) is 0 Å². The van der Waals surface area contributed by atoms with Gasteiger partial charge in [-0.25, -0.2) is 0 Å². The SMILES string of the molecule is O=S(O)O.[Er]. The monoisotopic (exact) mass is 248 g/mol. The fourth-order valence-corrected chi connectivity index (χ4v) is 0. The van der Waals surface area contributed by atoms with Crippen LogP contribution in [0.1, 0.15) is 0 Å². The zero-order valence-corrected chi connectivity index (χ0v) is 4.67. The molecule has 0 aliphatic rings. The van der Waals surface area contributed by atoms with Gasteiger partial charge < -0.3 is 0 Å². The maximum absolute atomic E-state index is 8.67. The Labute approximate surface area is 61.5 Å². The molecule has 38 valence electrons. The molecule has 0 aromatic rings. The van der Waals surface area contributed by atoms with E-state index in [-0.39, 0.29) is 37.3 Å². The maximum Gasteiger partial charge on any atom is 0.299 e. The van der Waals surface area contributed by atoms with Gasteiger partial charge in [0.25, 0.3) is 11.4 Å². The van der Waals surface area contributed by atoms with Gasteiger partial charge in [0.15, 0.2) is 0 Å². The van der Waals surface area contributed by atoms with Crippen LogP contribution >= 0.6 is 0 Å². The van der Waals surface area contributed by atoms with Crippen molar-refractivity contribution in [2.75, 3.05) is 0 Å². The molecule has 0 aliphatic heterocycles. The molecule has 0 fully saturated rings. The number of hydrogen-bond acceptors (Lipinski definition) is 1. The van der Waals surface area contributed by atoms with Crippen molar-refractivity contribution < 1.29 is 50.6 Å². The molecule has 0 spiro atoms. The summed E-state index contributed by atoms with van der Waals surface area (Å²) in [5, 5.41) is 0. The van der Waals surface area contributed by atoms with Crippen LogP contribution in [0.5, 0.6) is 0 Å². The van der Waals surface area contributed by atoms with Gasteiger partial charge >= 0.3 is 0 Å². The van der Waals surface area contributed by atoms with Crippen molar-refractivity contribution >= 4 is 11.4 Å². The Bertz CT molecular complexity index is 29.9. The van der Waals surface area contributed by atoms with Gasteiger partial charge in [-0.15, -0.1) is 0 Å². The molecule has 0 atom stereocenters. The minimum atomic E-state index is -2.61. The van der Waals surface area contributed by atoms with Crippen molar-refractivity contribution in [2.24, 2.45) is 0 Å². The third-order valence-electron chi connectivity index (χ3n) is 0. The van der Waals surface area contributed by atoms with Gasteiger partial charge in [-0.2, -0.15) is 4.21 Å². The van der Waals surface area contributed by atoms with E-state index >= 15 is 0 Å². The van der Waals surface area contributed by atoms with Gasteiger partial charge in [-0.05, 0) is 0 Å². The first kappa shape index (κ1) is 9.58. The molecule has 0 saturated carbocycles. The maximum atomic E-state index is 8.67. The second-order valence-corrected chi connectivity index (χ2v) is 0.692. The van der Waals surface area contributed by atoms with Crippen LogP contribution in [-0.4, -0.2) is 13.3 Å². The average molecular weight is 249 g/mol. The van der Waals surface area contributed by atoms with Crippen LogP contribution in [-0.2, 0) is 11.4 Å². The van der Waals surface area contributed by atoms with Crippen molar-refractivity contribution in [3.63, 3.8) is 0 Å². The summed E-state index contributed by atoms with van der Waals surface area (Å²) in [4.78, 5) is 0. The molecule has 5 heavy (non-hydrogen) atoms. The smallest absolute Gasteiger partial charge is 0.284 e. The summed E-state index contributed by atoms with van der Waals surface area (Å²) >= 11 is -2.61. The minimum Gasteiger partial charge on any atom is -0.284 e. The molecule has 0 radical (unpaired) electrons. The van der Waals surface area contributed by atoms with E-state index in [0.29, 0.717) is 0 Å². The molecule has 0 heterocycles. The Morgan fingerprint density at radius 1 is 1.40 bits per heavy atom. The van der Waals surface area contributed by atoms with E-state index < -0.39 is 11.4 Å². The zero-order chi connectivity index (χ0) is 3.58. The second-order valence-electron chi connectivity index (χ2n) is 0.231. The van der Waals surface area contributed by atoms with Gasteiger partial charge in [0.2, 0.25) is 0 Å². The molecular weight excluding hydrogens is 247 g/mol. The molecule has 5 heteroatoms. The molecule has 0 amide bonds. The first-order valence-corrected chi connectivity index (χ1v) is 1.60. The molecule has 0 unspecified atom stereocenters. The van der Waals surface area contributed by atoms with Crippen LogP contribution in [0.25, 0.3) is 0 Å². The summed E-state index contributed by atoms with van der Waals surface area (Å²) in [5.74, 6) is 0. The summed E-state index contributed by atoms with van der Waals surface area (Å²) in [7, 11) is 0. The van der Waals surface area contributed by atoms with Gasteiger partial charge in [0.1, 0.15) is 0 Å². The van der Waals surface area contributed by atoms with Crippen molar-refractivity contribution in [2.45, 2.75) is 0 Å². The summed E-state index contributed by atoms with van der Waals surface area (Å²) < 4.78 is 22.8. The Balaban J connectivity index is 0. The summed E-state index contributed by atoms with van der Waals surface area (Å²) in [5.41, 5.74) is 0. The predicted octanol–water partition coefficient (Wildman–Crippen LogP) is -0.319. The summed E-state index contributed by atoms with van der Waals surface area (Å²) in [6.07, 6.45) is 0. The van der Waals surface area contributed by atoms with E-state index in [0.717, 1.165) is 0 Å². The van der Waals surface area contributed by atoms with Crippen LogP contribution in [0.3, 0.4) is 0 Å². The Kier molecular flexibility index (Phi) is 10.2. The second kappa shape index (κ2) is 5.32. The minimum absolute atomic E-state index is 0. The van der Waals surface area contributed by atoms with Gasteiger partial charge in [-0.1, -0.05) is 0 Å². The molecule has 0 rings (SSSR count). The Hall–Kier alpha value is 1.32. The first-order chi connectivity index (χ1) is 1.73. The van der Waals surface area contributed by atoms with Gasteiger partial charge in [0, 0.05) is 37.3 Å². The van der Waals surface area contributed by atoms with Crippen LogP contribution in [0.15, 0.2) is 0 Å². The van der Waals surface area contributed by atoms with Gasteiger partial charge in [-0.3, -0.25) is 9.11 Å². The van der Waals surface area contributed by atoms with E-state index in [1.165, 1.54) is 0 Å². The summed E-state index contributed by atoms with van der Waals surface area (Å²) in [6.45, 7) is 0. The van der Waals surface area contributed by atoms with Crippen LogP contribution in [0, 0.1) is 37.3 Å².